The van der Waals surface area contributed by atoms with Crippen LogP contribution in [0.1, 0.15) is 18.9 Å². The summed E-state index contributed by atoms with van der Waals surface area (Å²) in [5, 5.41) is 2.31. The van der Waals surface area contributed by atoms with E-state index >= 15 is 0 Å². The number of halogens is 3. The van der Waals surface area contributed by atoms with Crippen LogP contribution in [-0.2, 0) is 16.1 Å². The summed E-state index contributed by atoms with van der Waals surface area (Å²) in [5.41, 5.74) is 0.192. The molecule has 2 rings (SSSR count). The van der Waals surface area contributed by atoms with Gasteiger partial charge in [-0.2, -0.15) is 0 Å². The smallest absolute Gasteiger partial charge is 0.226 e. The lowest BCUT2D eigenvalue weighted by Crippen LogP contribution is -2.32. The molecule has 4 nitrogen and oxygen atoms in total. The molecular formula is C18H17F3N2O2. The van der Waals surface area contributed by atoms with Crippen molar-refractivity contribution < 1.29 is 22.8 Å². The Labute approximate surface area is 143 Å². The number of rotatable bonds is 6. The van der Waals surface area contributed by atoms with Crippen LogP contribution in [0.25, 0.3) is 0 Å². The summed E-state index contributed by atoms with van der Waals surface area (Å²) in [6.07, 6.45) is -0.106. The maximum atomic E-state index is 13.7. The molecule has 2 aromatic carbocycles. The maximum Gasteiger partial charge on any atom is 0.226 e. The Kier molecular flexibility index (Phi) is 6.16. The van der Waals surface area contributed by atoms with Crippen molar-refractivity contribution >= 4 is 17.5 Å². The second-order valence-electron chi connectivity index (χ2n) is 5.45. The molecule has 25 heavy (non-hydrogen) atoms. The number of hydrogen-bond donors (Lipinski definition) is 1. The molecule has 0 aromatic heterocycles. The van der Waals surface area contributed by atoms with Gasteiger partial charge in [-0.1, -0.05) is 18.2 Å². The molecule has 0 aliphatic heterocycles. The summed E-state index contributed by atoms with van der Waals surface area (Å²) in [7, 11) is 0. The minimum absolute atomic E-state index is 0.0280. The molecule has 0 fully saturated rings. The van der Waals surface area contributed by atoms with Crippen LogP contribution in [-0.4, -0.2) is 23.3 Å². The molecule has 7 heteroatoms. The number of hydrogen-bond acceptors (Lipinski definition) is 2. The zero-order valence-electron chi connectivity index (χ0n) is 13.6. The van der Waals surface area contributed by atoms with E-state index in [1.54, 1.807) is 18.2 Å². The quantitative estimate of drug-likeness (QED) is 0.867. The third kappa shape index (κ3) is 5.34. The molecule has 0 heterocycles. The largest absolute Gasteiger partial charge is 0.338 e. The summed E-state index contributed by atoms with van der Waals surface area (Å²) in [6, 6.07) is 8.85. The van der Waals surface area contributed by atoms with Gasteiger partial charge in [0.25, 0.3) is 0 Å². The van der Waals surface area contributed by atoms with Crippen LogP contribution >= 0.6 is 0 Å². The van der Waals surface area contributed by atoms with E-state index < -0.39 is 23.4 Å². The molecule has 0 unspecified atom stereocenters. The van der Waals surface area contributed by atoms with Gasteiger partial charge in [-0.25, -0.2) is 13.2 Å². The van der Waals surface area contributed by atoms with E-state index in [0.29, 0.717) is 11.6 Å². The van der Waals surface area contributed by atoms with Crippen molar-refractivity contribution in [3.05, 3.63) is 65.5 Å². The zero-order chi connectivity index (χ0) is 18.4. The minimum Gasteiger partial charge on any atom is -0.338 e. The lowest BCUT2D eigenvalue weighted by Gasteiger charge is -2.21. The van der Waals surface area contributed by atoms with E-state index in [4.69, 9.17) is 0 Å². The van der Waals surface area contributed by atoms with Gasteiger partial charge in [0.2, 0.25) is 11.8 Å². The van der Waals surface area contributed by atoms with Crippen LogP contribution in [0.15, 0.2) is 42.5 Å². The summed E-state index contributed by atoms with van der Waals surface area (Å²) in [6.45, 7) is 1.39. The molecule has 0 radical (unpaired) electrons. The predicted molar refractivity (Wildman–Crippen MR) is 87.1 cm³/mol. The molecule has 0 atom stereocenters. The van der Waals surface area contributed by atoms with Gasteiger partial charge in [-0.3, -0.25) is 9.59 Å². The van der Waals surface area contributed by atoms with Gasteiger partial charge < -0.3 is 10.2 Å². The highest BCUT2D eigenvalue weighted by atomic mass is 19.1. The van der Waals surface area contributed by atoms with E-state index in [1.807, 2.05) is 0 Å². The van der Waals surface area contributed by atoms with Gasteiger partial charge in [-0.15, -0.1) is 0 Å². The summed E-state index contributed by atoms with van der Waals surface area (Å²) in [4.78, 5) is 24.9. The zero-order valence-corrected chi connectivity index (χ0v) is 13.6. The first-order chi connectivity index (χ1) is 11.9. The monoisotopic (exact) mass is 350 g/mol. The lowest BCUT2D eigenvalue weighted by atomic mass is 10.2. The van der Waals surface area contributed by atoms with Crippen LogP contribution < -0.4 is 5.32 Å². The van der Waals surface area contributed by atoms with Crippen LogP contribution in [0.2, 0.25) is 0 Å². The minimum atomic E-state index is -0.886. The Morgan fingerprint density at radius 1 is 1.04 bits per heavy atom. The molecule has 2 aromatic rings. The molecule has 132 valence electrons. The van der Waals surface area contributed by atoms with Crippen LogP contribution in [0.5, 0.6) is 0 Å². The first-order valence-electron chi connectivity index (χ1n) is 7.60. The maximum absolute atomic E-state index is 13.7. The fourth-order valence-electron chi connectivity index (χ4n) is 2.22. The topological polar surface area (TPSA) is 49.4 Å². The number of anilines is 1. The van der Waals surface area contributed by atoms with Crippen LogP contribution in [0, 0.1) is 17.5 Å². The molecule has 1 N–H and O–H groups in total. The number of carbonyl (C=O) groups excluding carboxylic acids is 2. The standard InChI is InChI=1S/C18H17F3N2O2/c1-12(24)23(11-13-4-2-3-5-15(13)20)9-8-18(25)22-17-7-6-14(19)10-16(17)21/h2-7,10H,8-9,11H2,1H3,(H,22,25). The van der Waals surface area contributed by atoms with Crippen molar-refractivity contribution in [2.24, 2.45) is 0 Å². The van der Waals surface area contributed by atoms with E-state index in [1.165, 1.54) is 17.9 Å². The molecule has 0 saturated carbocycles. The van der Waals surface area contributed by atoms with E-state index in [-0.39, 0.29) is 31.1 Å². The molecule has 2 amide bonds. The van der Waals surface area contributed by atoms with Crippen molar-refractivity contribution in [2.45, 2.75) is 19.9 Å². The average molecular weight is 350 g/mol. The van der Waals surface area contributed by atoms with Crippen molar-refractivity contribution in [1.82, 2.24) is 4.90 Å². The van der Waals surface area contributed by atoms with Crippen molar-refractivity contribution in [3.8, 4) is 0 Å². The number of amides is 2. The highest BCUT2D eigenvalue weighted by Gasteiger charge is 2.15. The van der Waals surface area contributed by atoms with Gasteiger partial charge >= 0.3 is 0 Å². The fraction of sp³-hybridized carbons (Fsp3) is 0.222. The first-order valence-corrected chi connectivity index (χ1v) is 7.60. The third-order valence-electron chi connectivity index (χ3n) is 3.58. The van der Waals surface area contributed by atoms with E-state index in [0.717, 1.165) is 12.1 Å². The molecule has 0 aliphatic carbocycles. The van der Waals surface area contributed by atoms with Gasteiger partial charge in [0.15, 0.2) is 0 Å². The van der Waals surface area contributed by atoms with Crippen molar-refractivity contribution in [3.63, 3.8) is 0 Å². The summed E-state index contributed by atoms with van der Waals surface area (Å²) >= 11 is 0. The van der Waals surface area contributed by atoms with Gasteiger partial charge in [0.1, 0.15) is 17.5 Å². The second kappa shape index (κ2) is 8.32. The normalized spacial score (nSPS) is 10.4. The Bertz CT molecular complexity index is 781. The SMILES string of the molecule is CC(=O)N(CCC(=O)Nc1ccc(F)cc1F)Cc1ccccc1F. The molecule has 0 aliphatic rings. The molecule has 0 bridgehead atoms. The number of carbonyl (C=O) groups is 2. The number of nitrogens with one attached hydrogen (secondary N) is 1. The molecule has 0 saturated heterocycles. The predicted octanol–water partition coefficient (Wildman–Crippen LogP) is 3.48. The van der Waals surface area contributed by atoms with Gasteiger partial charge in [0, 0.05) is 38.1 Å². The highest BCUT2D eigenvalue weighted by molar-refractivity contribution is 5.91. The fourth-order valence-corrected chi connectivity index (χ4v) is 2.22. The Morgan fingerprint density at radius 3 is 2.40 bits per heavy atom. The Balaban J connectivity index is 1.95. The van der Waals surface area contributed by atoms with E-state index in [2.05, 4.69) is 5.32 Å². The van der Waals surface area contributed by atoms with E-state index in [9.17, 15) is 22.8 Å². The Morgan fingerprint density at radius 2 is 1.76 bits per heavy atom. The van der Waals surface area contributed by atoms with Gasteiger partial charge in [0.05, 0.1) is 5.69 Å². The second-order valence-corrected chi connectivity index (χ2v) is 5.45. The Hall–Kier alpha value is -2.83. The summed E-state index contributed by atoms with van der Waals surface area (Å²) in [5.74, 6) is -2.92. The molecular weight excluding hydrogens is 333 g/mol. The first kappa shape index (κ1) is 18.5. The lowest BCUT2D eigenvalue weighted by molar-refractivity contribution is -0.130. The van der Waals surface area contributed by atoms with Crippen LogP contribution in [0.3, 0.4) is 0 Å². The highest BCUT2D eigenvalue weighted by Crippen LogP contribution is 2.15. The number of benzene rings is 2. The average Bonchev–Trinajstić information content (AvgIpc) is 2.55. The third-order valence-corrected chi connectivity index (χ3v) is 3.58. The number of nitrogens with zero attached hydrogens (tertiary/aromatic N) is 1. The van der Waals surface area contributed by atoms with Gasteiger partial charge in [-0.05, 0) is 18.2 Å². The molecule has 0 spiro atoms. The van der Waals surface area contributed by atoms with Crippen molar-refractivity contribution in [1.29, 1.82) is 0 Å². The van der Waals surface area contributed by atoms with Crippen molar-refractivity contribution in [2.75, 3.05) is 11.9 Å². The van der Waals surface area contributed by atoms with Crippen LogP contribution in [0.4, 0.5) is 18.9 Å². The summed E-state index contributed by atoms with van der Waals surface area (Å²) < 4.78 is 40.0.